The number of hydrogen-bond acceptors (Lipinski definition) is 5. The SMILES string of the molecule is CCCc1cc(OCc2ccccc2)ccc1OCCCOc1ccc2c(c1CCC)OC(C=O)CC2. The zero-order valence-electron chi connectivity index (χ0n) is 22.0. The van der Waals surface area contributed by atoms with Crippen molar-refractivity contribution in [1.82, 2.24) is 0 Å². The molecule has 1 atom stereocenters. The van der Waals surface area contributed by atoms with Crippen molar-refractivity contribution in [3.63, 3.8) is 0 Å². The highest BCUT2D eigenvalue weighted by molar-refractivity contribution is 5.60. The van der Waals surface area contributed by atoms with E-state index in [1.165, 1.54) is 0 Å². The second-order valence-corrected chi connectivity index (χ2v) is 9.46. The normalized spacial score (nSPS) is 14.4. The Morgan fingerprint density at radius 2 is 1.65 bits per heavy atom. The van der Waals surface area contributed by atoms with Gasteiger partial charge in [0.15, 0.2) is 12.4 Å². The Hall–Kier alpha value is -3.47. The van der Waals surface area contributed by atoms with Gasteiger partial charge in [0, 0.05) is 12.0 Å². The summed E-state index contributed by atoms with van der Waals surface area (Å²) >= 11 is 0. The van der Waals surface area contributed by atoms with Gasteiger partial charge in [0.05, 0.1) is 13.2 Å². The second kappa shape index (κ2) is 13.7. The molecule has 0 aliphatic carbocycles. The highest BCUT2D eigenvalue weighted by Gasteiger charge is 2.24. The summed E-state index contributed by atoms with van der Waals surface area (Å²) in [6.45, 7) is 5.98. The van der Waals surface area contributed by atoms with Gasteiger partial charge in [-0.3, -0.25) is 4.79 Å². The molecule has 0 saturated heterocycles. The van der Waals surface area contributed by atoms with Crippen LogP contribution in [0.4, 0.5) is 0 Å². The van der Waals surface area contributed by atoms with Crippen molar-refractivity contribution in [2.75, 3.05) is 13.2 Å². The van der Waals surface area contributed by atoms with Crippen LogP contribution in [0.5, 0.6) is 23.0 Å². The summed E-state index contributed by atoms with van der Waals surface area (Å²) < 4.78 is 24.3. The van der Waals surface area contributed by atoms with Gasteiger partial charge in [-0.1, -0.05) is 63.1 Å². The summed E-state index contributed by atoms with van der Waals surface area (Å²) in [7, 11) is 0. The number of benzene rings is 3. The van der Waals surface area contributed by atoms with Gasteiger partial charge >= 0.3 is 0 Å². The molecule has 3 aromatic carbocycles. The van der Waals surface area contributed by atoms with E-state index in [2.05, 4.69) is 38.1 Å². The van der Waals surface area contributed by atoms with Gasteiger partial charge in [-0.25, -0.2) is 0 Å². The standard InChI is InChI=1S/C32H38O5/c1-3-9-26-21-27(36-23-24-11-6-5-7-12-24)16-18-30(26)34-19-8-20-35-31-17-14-25-13-15-28(22-33)37-32(25)29(31)10-4-2/h5-7,11-12,14,16-18,21-22,28H,3-4,8-10,13,15,19-20,23H2,1-2H3. The van der Waals surface area contributed by atoms with Crippen molar-refractivity contribution >= 4 is 6.29 Å². The van der Waals surface area contributed by atoms with Gasteiger partial charge < -0.3 is 18.9 Å². The highest BCUT2D eigenvalue weighted by Crippen LogP contribution is 2.38. The summed E-state index contributed by atoms with van der Waals surface area (Å²) in [6.07, 6.45) is 6.71. The van der Waals surface area contributed by atoms with Gasteiger partial charge in [-0.15, -0.1) is 0 Å². The molecule has 196 valence electrons. The van der Waals surface area contributed by atoms with Crippen molar-refractivity contribution in [3.8, 4) is 23.0 Å². The first-order valence-electron chi connectivity index (χ1n) is 13.5. The van der Waals surface area contributed by atoms with Gasteiger partial charge in [-0.2, -0.15) is 0 Å². The molecule has 1 aliphatic heterocycles. The van der Waals surface area contributed by atoms with E-state index in [1.807, 2.05) is 36.4 Å². The fraction of sp³-hybridized carbons (Fsp3) is 0.406. The Morgan fingerprint density at radius 3 is 2.41 bits per heavy atom. The topological polar surface area (TPSA) is 54.0 Å². The smallest absolute Gasteiger partial charge is 0.160 e. The molecule has 0 spiro atoms. The van der Waals surface area contributed by atoms with E-state index in [9.17, 15) is 4.79 Å². The van der Waals surface area contributed by atoms with Crippen LogP contribution in [0.15, 0.2) is 60.7 Å². The third-order valence-corrected chi connectivity index (χ3v) is 6.52. The molecule has 1 unspecified atom stereocenters. The third-order valence-electron chi connectivity index (χ3n) is 6.52. The fourth-order valence-electron chi connectivity index (χ4n) is 4.64. The lowest BCUT2D eigenvalue weighted by molar-refractivity contribution is -0.114. The lowest BCUT2D eigenvalue weighted by Gasteiger charge is -2.26. The summed E-state index contributed by atoms with van der Waals surface area (Å²) in [6, 6.07) is 20.4. The zero-order chi connectivity index (χ0) is 25.9. The molecule has 1 heterocycles. The predicted octanol–water partition coefficient (Wildman–Crippen LogP) is 6.91. The average molecular weight is 503 g/mol. The van der Waals surface area contributed by atoms with E-state index in [1.54, 1.807) is 0 Å². The first-order chi connectivity index (χ1) is 18.2. The number of fused-ring (bicyclic) bond motifs is 1. The largest absolute Gasteiger partial charge is 0.493 e. The summed E-state index contributed by atoms with van der Waals surface area (Å²) in [4.78, 5) is 11.3. The van der Waals surface area contributed by atoms with Crippen LogP contribution in [-0.2, 0) is 30.7 Å². The van der Waals surface area contributed by atoms with E-state index in [0.717, 1.165) is 96.5 Å². The zero-order valence-corrected chi connectivity index (χ0v) is 22.0. The molecular weight excluding hydrogens is 464 g/mol. The van der Waals surface area contributed by atoms with Crippen LogP contribution in [0.3, 0.4) is 0 Å². The van der Waals surface area contributed by atoms with Crippen LogP contribution >= 0.6 is 0 Å². The van der Waals surface area contributed by atoms with Crippen molar-refractivity contribution in [2.45, 2.75) is 71.5 Å². The first kappa shape index (κ1) is 26.6. The molecular formula is C32H38O5. The highest BCUT2D eigenvalue weighted by atomic mass is 16.5. The van der Waals surface area contributed by atoms with Crippen LogP contribution in [0.2, 0.25) is 0 Å². The van der Waals surface area contributed by atoms with Crippen LogP contribution in [0.1, 0.15) is 61.8 Å². The molecule has 0 fully saturated rings. The molecule has 0 saturated carbocycles. The maximum Gasteiger partial charge on any atom is 0.160 e. The van der Waals surface area contributed by atoms with E-state index < -0.39 is 0 Å². The second-order valence-electron chi connectivity index (χ2n) is 9.46. The Kier molecular flexibility index (Phi) is 9.87. The Balaban J connectivity index is 1.31. The molecule has 0 N–H and O–H groups in total. The molecule has 37 heavy (non-hydrogen) atoms. The lowest BCUT2D eigenvalue weighted by atomic mass is 9.97. The van der Waals surface area contributed by atoms with Gasteiger partial charge in [-0.05, 0) is 66.6 Å². The maximum absolute atomic E-state index is 11.3. The third kappa shape index (κ3) is 7.28. The summed E-state index contributed by atoms with van der Waals surface area (Å²) in [5.41, 5.74) is 4.55. The van der Waals surface area contributed by atoms with Crippen LogP contribution in [-0.4, -0.2) is 25.6 Å². The first-order valence-corrected chi connectivity index (χ1v) is 13.5. The van der Waals surface area contributed by atoms with Crippen molar-refractivity contribution in [1.29, 1.82) is 0 Å². The number of rotatable bonds is 14. The minimum Gasteiger partial charge on any atom is -0.493 e. The minimum atomic E-state index is -0.362. The molecule has 0 amide bonds. The molecule has 5 heteroatoms. The molecule has 4 rings (SSSR count). The molecule has 0 aromatic heterocycles. The molecule has 5 nitrogen and oxygen atoms in total. The van der Waals surface area contributed by atoms with E-state index in [-0.39, 0.29) is 6.10 Å². The number of ether oxygens (including phenoxy) is 4. The van der Waals surface area contributed by atoms with Crippen LogP contribution in [0.25, 0.3) is 0 Å². The Morgan fingerprint density at radius 1 is 0.892 bits per heavy atom. The number of carbonyl (C=O) groups excluding carboxylic acids is 1. The van der Waals surface area contributed by atoms with E-state index in [4.69, 9.17) is 18.9 Å². The fourth-order valence-corrected chi connectivity index (χ4v) is 4.64. The maximum atomic E-state index is 11.3. The number of aldehydes is 1. The summed E-state index contributed by atoms with van der Waals surface area (Å²) in [5, 5.41) is 0. The number of hydrogen-bond donors (Lipinski definition) is 0. The van der Waals surface area contributed by atoms with Crippen LogP contribution in [0, 0.1) is 0 Å². The summed E-state index contributed by atoms with van der Waals surface area (Å²) in [5.74, 6) is 3.46. The minimum absolute atomic E-state index is 0.362. The van der Waals surface area contributed by atoms with Gasteiger partial charge in [0.2, 0.25) is 0 Å². The van der Waals surface area contributed by atoms with Crippen molar-refractivity contribution in [3.05, 3.63) is 82.9 Å². The van der Waals surface area contributed by atoms with Gasteiger partial charge in [0.1, 0.15) is 29.6 Å². The molecule has 3 aromatic rings. The Bertz CT molecular complexity index is 1140. The predicted molar refractivity (Wildman–Crippen MR) is 146 cm³/mol. The monoisotopic (exact) mass is 502 g/mol. The Labute approximate surface area is 220 Å². The molecule has 0 radical (unpaired) electrons. The average Bonchev–Trinajstić information content (AvgIpc) is 2.94. The van der Waals surface area contributed by atoms with E-state index in [0.29, 0.717) is 19.8 Å². The molecule has 0 bridgehead atoms. The number of carbonyl (C=O) groups is 1. The molecule has 1 aliphatic rings. The van der Waals surface area contributed by atoms with Crippen molar-refractivity contribution in [2.24, 2.45) is 0 Å². The van der Waals surface area contributed by atoms with E-state index >= 15 is 0 Å². The number of aryl methyl sites for hydroxylation is 2. The van der Waals surface area contributed by atoms with Gasteiger partial charge in [0.25, 0.3) is 0 Å². The quantitative estimate of drug-likeness (QED) is 0.177. The van der Waals surface area contributed by atoms with Crippen LogP contribution < -0.4 is 18.9 Å². The lowest BCUT2D eigenvalue weighted by Crippen LogP contribution is -2.25. The van der Waals surface area contributed by atoms with Crippen molar-refractivity contribution < 1.29 is 23.7 Å².